The summed E-state index contributed by atoms with van der Waals surface area (Å²) in [6, 6.07) is 33.0. The van der Waals surface area contributed by atoms with Gasteiger partial charge in [0.25, 0.3) is 0 Å². The maximum atomic E-state index is 11.5. The van der Waals surface area contributed by atoms with Crippen molar-refractivity contribution in [2.24, 2.45) is 0 Å². The average molecular weight is 527 g/mol. The van der Waals surface area contributed by atoms with E-state index in [2.05, 4.69) is 139 Å². The van der Waals surface area contributed by atoms with Crippen LogP contribution in [0.25, 0.3) is 0 Å². The molecule has 0 spiro atoms. The van der Waals surface area contributed by atoms with E-state index in [0.29, 0.717) is 14.3 Å². The molecule has 4 aromatic carbocycles. The molecule has 0 aliphatic rings. The number of hydrogen-bond donors (Lipinski definition) is 1. The van der Waals surface area contributed by atoms with Crippen molar-refractivity contribution in [1.29, 1.82) is 0 Å². The lowest BCUT2D eigenvalue weighted by Crippen LogP contribution is -2.22. The van der Waals surface area contributed by atoms with Crippen molar-refractivity contribution in [2.75, 3.05) is 0 Å². The van der Waals surface area contributed by atoms with Crippen molar-refractivity contribution in [3.05, 3.63) is 113 Å². The fourth-order valence-corrected chi connectivity index (χ4v) is 8.47. The molecule has 3 heteroatoms. The zero-order chi connectivity index (χ0) is 26.8. The third-order valence-corrected chi connectivity index (χ3v) is 11.0. The van der Waals surface area contributed by atoms with Crippen LogP contribution in [-0.2, 0) is 17.0 Å². The van der Waals surface area contributed by atoms with Gasteiger partial charge in [-0.2, -0.15) is 0 Å². The molecule has 4 rings (SSSR count). The summed E-state index contributed by atoms with van der Waals surface area (Å²) in [5.74, 6) is 0.460. The lowest BCUT2D eigenvalue weighted by Gasteiger charge is -2.28. The Bertz CT molecular complexity index is 1310. The Kier molecular flexibility index (Phi) is 8.28. The number of phenols is 1. The van der Waals surface area contributed by atoms with Crippen molar-refractivity contribution in [3.63, 3.8) is 0 Å². The Morgan fingerprint density at radius 1 is 0.703 bits per heavy atom. The van der Waals surface area contributed by atoms with Crippen LogP contribution < -0.4 is 21.2 Å². The minimum atomic E-state index is -0.546. The van der Waals surface area contributed by atoms with Gasteiger partial charge in [-0.1, -0.05) is 135 Å². The number of phenolic OH excluding ortho intramolecular Hbond substituents is 1. The van der Waals surface area contributed by atoms with Crippen molar-refractivity contribution in [3.8, 4) is 5.75 Å². The molecule has 0 bridgehead atoms. The van der Waals surface area contributed by atoms with Gasteiger partial charge in [-0.15, -0.1) is 0 Å². The fourth-order valence-electron chi connectivity index (χ4n) is 4.63. The highest BCUT2D eigenvalue weighted by Gasteiger charge is 2.26. The number of aromatic hydroxyl groups is 1. The molecule has 1 nitrogen and oxygen atoms in total. The molecular weight excluding hydrogens is 486 g/mol. The van der Waals surface area contributed by atoms with Crippen LogP contribution in [0.5, 0.6) is 5.75 Å². The molecule has 4 aromatic rings. The van der Waals surface area contributed by atoms with Gasteiger partial charge in [-0.3, -0.25) is 0 Å². The highest BCUT2D eigenvalue weighted by atomic mass is 31.1. The van der Waals surface area contributed by atoms with Crippen LogP contribution in [0.4, 0.5) is 0 Å². The molecule has 0 amide bonds. The quantitative estimate of drug-likeness (QED) is 0.257. The minimum absolute atomic E-state index is 0.0104. The van der Waals surface area contributed by atoms with Gasteiger partial charge < -0.3 is 5.11 Å². The number of benzene rings is 4. The Labute approximate surface area is 226 Å². The summed E-state index contributed by atoms with van der Waals surface area (Å²) in [6.07, 6.45) is 0.985. The van der Waals surface area contributed by atoms with Gasteiger partial charge in [-0.25, -0.2) is 0 Å². The van der Waals surface area contributed by atoms with Gasteiger partial charge in [0, 0.05) is 17.0 Å². The molecule has 37 heavy (non-hydrogen) atoms. The molecule has 1 N–H and O–H groups in total. The molecule has 192 valence electrons. The van der Waals surface area contributed by atoms with Crippen LogP contribution >= 0.6 is 16.5 Å². The second-order valence-corrected chi connectivity index (χ2v) is 15.4. The van der Waals surface area contributed by atoms with Crippen LogP contribution in [0.2, 0.25) is 0 Å². The summed E-state index contributed by atoms with van der Waals surface area (Å²) in [7, 11) is -0.146. The maximum Gasteiger partial charge on any atom is 0.127 e. The molecule has 0 heterocycles. The van der Waals surface area contributed by atoms with Gasteiger partial charge in [0.05, 0.1) is 0 Å². The summed E-state index contributed by atoms with van der Waals surface area (Å²) < 4.78 is 0. The summed E-state index contributed by atoms with van der Waals surface area (Å²) >= 11 is 0. The lowest BCUT2D eigenvalue weighted by molar-refractivity contribution is 0.449. The molecule has 0 fully saturated rings. The van der Waals surface area contributed by atoms with E-state index >= 15 is 0 Å². The van der Waals surface area contributed by atoms with Crippen molar-refractivity contribution < 1.29 is 5.11 Å². The molecule has 0 aliphatic heterocycles. The molecule has 1 atom stereocenters. The van der Waals surface area contributed by atoms with Gasteiger partial charge in [0.1, 0.15) is 5.75 Å². The van der Waals surface area contributed by atoms with E-state index in [4.69, 9.17) is 0 Å². The molecule has 0 aromatic heterocycles. The van der Waals surface area contributed by atoms with Gasteiger partial charge in [-0.05, 0) is 64.3 Å². The van der Waals surface area contributed by atoms with Gasteiger partial charge >= 0.3 is 0 Å². The first kappa shape index (κ1) is 27.6. The summed E-state index contributed by atoms with van der Waals surface area (Å²) in [5.41, 5.74) is 4.88. The van der Waals surface area contributed by atoms with E-state index in [1.807, 2.05) is 0 Å². The lowest BCUT2D eigenvalue weighted by atomic mass is 9.80. The van der Waals surface area contributed by atoms with E-state index in [0.717, 1.165) is 17.0 Å². The monoisotopic (exact) mass is 526 g/mol. The van der Waals surface area contributed by atoms with E-state index in [1.165, 1.54) is 32.6 Å². The smallest absolute Gasteiger partial charge is 0.127 e. The Morgan fingerprint density at radius 3 is 1.78 bits per heavy atom. The normalized spacial score (nSPS) is 12.5. The largest absolute Gasteiger partial charge is 0.507 e. The molecular formula is C34H40OP2. The zero-order valence-electron chi connectivity index (χ0n) is 23.3. The number of hydrogen-bond acceptors (Lipinski definition) is 1. The van der Waals surface area contributed by atoms with Crippen molar-refractivity contribution >= 4 is 37.7 Å². The molecule has 0 radical (unpaired) electrons. The fraction of sp³-hybridized carbons (Fsp3) is 0.294. The topological polar surface area (TPSA) is 20.2 Å². The standard InChI is InChI=1S/C34H40OP2/c1-24-15-14-16-25(23-37(27-17-10-8-11-18-27)28-19-12-9-13-20-28)32(24)36-30-22-26(33(2,3)4)21-29(31(30)35)34(5,6)7/h8-22,35-36H,23H2,1-7H3. The number of aryl methyl sites for hydroxylation is 1. The third-order valence-electron chi connectivity index (χ3n) is 6.87. The molecule has 0 saturated heterocycles. The van der Waals surface area contributed by atoms with Gasteiger partial charge in [0.2, 0.25) is 0 Å². The second kappa shape index (κ2) is 11.1. The maximum absolute atomic E-state index is 11.5. The average Bonchev–Trinajstić information content (AvgIpc) is 2.85. The van der Waals surface area contributed by atoms with E-state index in [-0.39, 0.29) is 10.8 Å². The van der Waals surface area contributed by atoms with E-state index < -0.39 is 7.92 Å². The van der Waals surface area contributed by atoms with Crippen molar-refractivity contribution in [1.82, 2.24) is 0 Å². The van der Waals surface area contributed by atoms with Crippen LogP contribution in [0.15, 0.2) is 91.0 Å². The third kappa shape index (κ3) is 6.52. The van der Waals surface area contributed by atoms with Crippen LogP contribution in [0.3, 0.4) is 0 Å². The van der Waals surface area contributed by atoms with Crippen LogP contribution in [-0.4, -0.2) is 5.11 Å². The summed E-state index contributed by atoms with van der Waals surface area (Å²) in [4.78, 5) is 0. The molecule has 1 unspecified atom stereocenters. The van der Waals surface area contributed by atoms with Crippen LogP contribution in [0, 0.1) is 6.92 Å². The Hall–Kier alpha value is -2.46. The first-order valence-electron chi connectivity index (χ1n) is 13.1. The first-order chi connectivity index (χ1) is 17.4. The first-order valence-corrected chi connectivity index (χ1v) is 15.6. The van der Waals surface area contributed by atoms with Crippen molar-refractivity contribution in [2.45, 2.75) is 65.5 Å². The number of rotatable bonds is 6. The van der Waals surface area contributed by atoms with E-state index in [9.17, 15) is 5.11 Å². The summed E-state index contributed by atoms with van der Waals surface area (Å²) in [5, 5.41) is 16.7. The van der Waals surface area contributed by atoms with E-state index in [1.54, 1.807) is 0 Å². The predicted molar refractivity (Wildman–Crippen MR) is 167 cm³/mol. The Morgan fingerprint density at radius 2 is 1.27 bits per heavy atom. The minimum Gasteiger partial charge on any atom is -0.507 e. The highest BCUT2D eigenvalue weighted by Crippen LogP contribution is 2.40. The molecule has 0 aliphatic carbocycles. The summed E-state index contributed by atoms with van der Waals surface area (Å²) in [6.45, 7) is 15.5. The molecule has 0 saturated carbocycles. The van der Waals surface area contributed by atoms with Crippen LogP contribution in [0.1, 0.15) is 63.8 Å². The van der Waals surface area contributed by atoms with Gasteiger partial charge in [0.15, 0.2) is 0 Å². The highest BCUT2D eigenvalue weighted by molar-refractivity contribution is 7.72. The SMILES string of the molecule is Cc1cccc(CP(c2ccccc2)c2ccccc2)c1Pc1cc(C(C)(C)C)cc(C(C)(C)C)c1O. The Balaban J connectivity index is 1.81. The predicted octanol–water partition coefficient (Wildman–Crippen LogP) is 7.56. The zero-order valence-corrected chi connectivity index (χ0v) is 25.2. The second-order valence-electron chi connectivity index (χ2n) is 11.9.